The monoisotopic (exact) mass is 406 g/mol. The molecular formula is C20H26N2O5S. The fraction of sp³-hybridized carbons (Fsp3) is 0.350. The summed E-state index contributed by atoms with van der Waals surface area (Å²) in [7, 11) is -1.07. The third-order valence-electron chi connectivity index (χ3n) is 3.80. The van der Waals surface area contributed by atoms with Crippen LogP contribution in [0.4, 0.5) is 5.69 Å². The van der Waals surface area contributed by atoms with Crippen molar-refractivity contribution in [1.82, 2.24) is 5.32 Å². The van der Waals surface area contributed by atoms with Crippen LogP contribution in [0.25, 0.3) is 0 Å². The first kappa shape index (κ1) is 21.6. The van der Waals surface area contributed by atoms with Gasteiger partial charge in [-0.05, 0) is 57.2 Å². The lowest BCUT2D eigenvalue weighted by atomic mass is 10.1. The molecule has 0 radical (unpaired) electrons. The van der Waals surface area contributed by atoms with Crippen molar-refractivity contribution in [2.24, 2.45) is 0 Å². The van der Waals surface area contributed by atoms with Crippen LogP contribution in [0.3, 0.4) is 0 Å². The molecular weight excluding hydrogens is 380 g/mol. The number of amides is 1. The van der Waals surface area contributed by atoms with Crippen LogP contribution in [0.15, 0.2) is 53.4 Å². The summed E-state index contributed by atoms with van der Waals surface area (Å²) in [5, 5.41) is 2.79. The van der Waals surface area contributed by atoms with E-state index < -0.39 is 21.5 Å². The Morgan fingerprint density at radius 2 is 1.61 bits per heavy atom. The van der Waals surface area contributed by atoms with E-state index in [1.54, 1.807) is 36.4 Å². The first-order valence-corrected chi connectivity index (χ1v) is 10.1. The number of carbonyl (C=O) groups excluding carboxylic acids is 1. The Morgan fingerprint density at radius 1 is 1.00 bits per heavy atom. The Bertz CT molecular complexity index is 918. The standard InChI is InChI=1S/C20H26N2O5S/c1-20(2,3)21-19(23)14-22(17-8-6-7-9-18(17)27-5)28(24,25)16-12-10-15(26-4)11-13-16/h6-13H,14H2,1-5H3,(H,21,23). The number of benzene rings is 2. The molecule has 8 heteroatoms. The van der Waals surface area contributed by atoms with Crippen molar-refractivity contribution in [2.75, 3.05) is 25.1 Å². The van der Waals surface area contributed by atoms with E-state index in [0.717, 1.165) is 4.31 Å². The lowest BCUT2D eigenvalue weighted by Gasteiger charge is -2.28. The summed E-state index contributed by atoms with van der Waals surface area (Å²) >= 11 is 0. The number of rotatable bonds is 7. The van der Waals surface area contributed by atoms with Gasteiger partial charge in [-0.15, -0.1) is 0 Å². The molecule has 2 rings (SSSR count). The number of hydrogen-bond donors (Lipinski definition) is 1. The summed E-state index contributed by atoms with van der Waals surface area (Å²) in [4.78, 5) is 12.6. The third-order valence-corrected chi connectivity index (χ3v) is 5.58. The molecule has 0 heterocycles. The van der Waals surface area contributed by atoms with Crippen molar-refractivity contribution >= 4 is 21.6 Å². The normalized spacial score (nSPS) is 11.6. The Kier molecular flexibility index (Phi) is 6.56. The van der Waals surface area contributed by atoms with Crippen LogP contribution in [0, 0.1) is 0 Å². The van der Waals surface area contributed by atoms with Gasteiger partial charge in [0.05, 0.1) is 24.8 Å². The Hall–Kier alpha value is -2.74. The SMILES string of the molecule is COc1ccc(S(=O)(=O)N(CC(=O)NC(C)(C)C)c2ccccc2OC)cc1. The Balaban J connectivity index is 2.51. The fourth-order valence-electron chi connectivity index (χ4n) is 2.60. The number of para-hydroxylation sites is 2. The topological polar surface area (TPSA) is 84.9 Å². The van der Waals surface area contributed by atoms with E-state index in [2.05, 4.69) is 5.32 Å². The maximum Gasteiger partial charge on any atom is 0.264 e. The summed E-state index contributed by atoms with van der Waals surface area (Å²) in [6, 6.07) is 12.7. The molecule has 0 aliphatic heterocycles. The van der Waals surface area contributed by atoms with Crippen molar-refractivity contribution in [1.29, 1.82) is 0 Å². The molecule has 0 aliphatic carbocycles. The average molecular weight is 407 g/mol. The van der Waals surface area contributed by atoms with Crippen LogP contribution in [0.2, 0.25) is 0 Å². The molecule has 0 atom stereocenters. The molecule has 152 valence electrons. The van der Waals surface area contributed by atoms with Crippen LogP contribution in [-0.2, 0) is 14.8 Å². The first-order chi connectivity index (χ1) is 13.1. The third kappa shape index (κ3) is 5.16. The molecule has 0 spiro atoms. The molecule has 7 nitrogen and oxygen atoms in total. The lowest BCUT2D eigenvalue weighted by Crippen LogP contribution is -2.47. The highest BCUT2D eigenvalue weighted by Gasteiger charge is 2.30. The van der Waals surface area contributed by atoms with E-state index in [0.29, 0.717) is 11.5 Å². The smallest absolute Gasteiger partial charge is 0.264 e. The van der Waals surface area contributed by atoms with Gasteiger partial charge in [-0.2, -0.15) is 0 Å². The van der Waals surface area contributed by atoms with Gasteiger partial charge in [-0.1, -0.05) is 12.1 Å². The predicted molar refractivity (Wildman–Crippen MR) is 108 cm³/mol. The number of anilines is 1. The summed E-state index contributed by atoms with van der Waals surface area (Å²) in [5.74, 6) is 0.465. The van der Waals surface area contributed by atoms with Crippen molar-refractivity contribution < 1.29 is 22.7 Å². The van der Waals surface area contributed by atoms with Crippen LogP contribution >= 0.6 is 0 Å². The number of ether oxygens (including phenoxy) is 2. The number of carbonyl (C=O) groups is 1. The molecule has 0 aromatic heterocycles. The lowest BCUT2D eigenvalue weighted by molar-refractivity contribution is -0.121. The van der Waals surface area contributed by atoms with Crippen LogP contribution in [-0.4, -0.2) is 40.6 Å². The molecule has 1 amide bonds. The summed E-state index contributed by atoms with van der Waals surface area (Å²) < 4.78 is 38.2. The molecule has 0 saturated carbocycles. The van der Waals surface area contributed by atoms with E-state index in [4.69, 9.17) is 9.47 Å². The molecule has 0 unspecified atom stereocenters. The van der Waals surface area contributed by atoms with Crippen molar-refractivity contribution in [3.8, 4) is 11.5 Å². The highest BCUT2D eigenvalue weighted by atomic mass is 32.2. The van der Waals surface area contributed by atoms with Crippen molar-refractivity contribution in [3.63, 3.8) is 0 Å². The second-order valence-electron chi connectivity index (χ2n) is 7.16. The minimum absolute atomic E-state index is 0.0442. The number of methoxy groups -OCH3 is 2. The number of nitrogens with one attached hydrogen (secondary N) is 1. The predicted octanol–water partition coefficient (Wildman–Crippen LogP) is 2.81. The van der Waals surface area contributed by atoms with Crippen LogP contribution < -0.4 is 19.1 Å². The molecule has 0 fully saturated rings. The molecule has 2 aromatic rings. The summed E-state index contributed by atoms with van der Waals surface area (Å²) in [6.07, 6.45) is 0. The van der Waals surface area contributed by atoms with Crippen LogP contribution in [0.5, 0.6) is 11.5 Å². The Morgan fingerprint density at radius 3 is 2.14 bits per heavy atom. The van der Waals surface area contributed by atoms with Gasteiger partial charge in [0.1, 0.15) is 18.0 Å². The van der Waals surface area contributed by atoms with Gasteiger partial charge in [0.25, 0.3) is 10.0 Å². The van der Waals surface area contributed by atoms with E-state index in [-0.39, 0.29) is 17.1 Å². The van der Waals surface area contributed by atoms with Gasteiger partial charge in [0.2, 0.25) is 5.91 Å². The number of hydrogen-bond acceptors (Lipinski definition) is 5. The van der Waals surface area contributed by atoms with Crippen LogP contribution in [0.1, 0.15) is 20.8 Å². The van der Waals surface area contributed by atoms with Crippen molar-refractivity contribution in [2.45, 2.75) is 31.2 Å². The molecule has 0 bridgehead atoms. The summed E-state index contributed by atoms with van der Waals surface area (Å²) in [5.41, 5.74) is -0.210. The maximum atomic E-state index is 13.4. The van der Waals surface area contributed by atoms with Gasteiger partial charge < -0.3 is 14.8 Å². The van der Waals surface area contributed by atoms with Gasteiger partial charge >= 0.3 is 0 Å². The van der Waals surface area contributed by atoms with Gasteiger partial charge in [-0.3, -0.25) is 9.10 Å². The minimum Gasteiger partial charge on any atom is -0.497 e. The maximum absolute atomic E-state index is 13.4. The molecule has 28 heavy (non-hydrogen) atoms. The van der Waals surface area contributed by atoms with E-state index in [1.807, 2.05) is 20.8 Å². The molecule has 0 saturated heterocycles. The molecule has 1 N–H and O–H groups in total. The zero-order valence-corrected chi connectivity index (χ0v) is 17.5. The Labute approximate surface area is 166 Å². The number of sulfonamides is 1. The highest BCUT2D eigenvalue weighted by Crippen LogP contribution is 2.32. The largest absolute Gasteiger partial charge is 0.497 e. The minimum atomic E-state index is -4.03. The highest BCUT2D eigenvalue weighted by molar-refractivity contribution is 7.92. The van der Waals surface area contributed by atoms with E-state index in [1.165, 1.54) is 26.4 Å². The fourth-order valence-corrected chi connectivity index (χ4v) is 4.03. The summed E-state index contributed by atoms with van der Waals surface area (Å²) in [6.45, 7) is 5.11. The zero-order chi connectivity index (χ0) is 20.9. The van der Waals surface area contributed by atoms with Gasteiger partial charge in [-0.25, -0.2) is 8.42 Å². The van der Waals surface area contributed by atoms with E-state index in [9.17, 15) is 13.2 Å². The molecule has 0 aliphatic rings. The van der Waals surface area contributed by atoms with Crippen molar-refractivity contribution in [3.05, 3.63) is 48.5 Å². The van der Waals surface area contributed by atoms with Gasteiger partial charge in [0, 0.05) is 5.54 Å². The molecule has 2 aromatic carbocycles. The van der Waals surface area contributed by atoms with Gasteiger partial charge in [0.15, 0.2) is 0 Å². The van der Waals surface area contributed by atoms with E-state index >= 15 is 0 Å². The first-order valence-electron chi connectivity index (χ1n) is 8.69. The zero-order valence-electron chi connectivity index (χ0n) is 16.7. The second kappa shape index (κ2) is 8.52. The number of nitrogens with zero attached hydrogens (tertiary/aromatic N) is 1. The average Bonchev–Trinajstić information content (AvgIpc) is 2.64. The quantitative estimate of drug-likeness (QED) is 0.764. The second-order valence-corrected chi connectivity index (χ2v) is 9.02.